The minimum atomic E-state index is 0.279. The van der Waals surface area contributed by atoms with Gasteiger partial charge in [-0.05, 0) is 17.0 Å². The van der Waals surface area contributed by atoms with Gasteiger partial charge in [-0.15, -0.1) is 11.3 Å². The van der Waals surface area contributed by atoms with Crippen molar-refractivity contribution in [3.8, 4) is 0 Å². The summed E-state index contributed by atoms with van der Waals surface area (Å²) in [5.41, 5.74) is 1.38. The van der Waals surface area contributed by atoms with Crippen LogP contribution in [0.4, 0.5) is 0 Å². The molecule has 0 bridgehead atoms. The van der Waals surface area contributed by atoms with Crippen LogP contribution < -0.4 is 0 Å². The minimum absolute atomic E-state index is 0.279. The molecule has 0 aliphatic carbocycles. The van der Waals surface area contributed by atoms with Crippen molar-refractivity contribution in [2.75, 3.05) is 32.7 Å². The van der Waals surface area contributed by atoms with Crippen LogP contribution in [-0.4, -0.2) is 48.3 Å². The number of carbonyl (C=O) groups excluding carboxylic acids is 1. The molecule has 1 aromatic carbocycles. The lowest BCUT2D eigenvalue weighted by atomic mass is 10.2. The molecule has 116 valence electrons. The maximum Gasteiger partial charge on any atom is 0.174 e. The first-order chi connectivity index (χ1) is 10.8. The number of carbonyl (C=O) groups is 1. The molecule has 0 saturated carbocycles. The first-order valence-corrected chi connectivity index (χ1v) is 8.74. The lowest BCUT2D eigenvalue weighted by Crippen LogP contribution is -2.46. The molecule has 2 heterocycles. The van der Waals surface area contributed by atoms with E-state index >= 15 is 0 Å². The lowest BCUT2D eigenvalue weighted by Gasteiger charge is -2.34. The van der Waals surface area contributed by atoms with E-state index in [2.05, 4.69) is 40.1 Å². The smallest absolute Gasteiger partial charge is 0.174 e. The number of rotatable bonds is 6. The van der Waals surface area contributed by atoms with Crippen LogP contribution >= 0.6 is 11.3 Å². The van der Waals surface area contributed by atoms with E-state index in [9.17, 15) is 4.79 Å². The first-order valence-electron chi connectivity index (χ1n) is 7.86. The molecule has 1 fully saturated rings. The summed E-state index contributed by atoms with van der Waals surface area (Å²) in [6, 6.07) is 14.5. The van der Waals surface area contributed by atoms with E-state index in [1.54, 1.807) is 11.3 Å². The third-order valence-corrected chi connectivity index (χ3v) is 5.08. The number of thiophene rings is 1. The van der Waals surface area contributed by atoms with Gasteiger partial charge in [0.25, 0.3) is 0 Å². The fourth-order valence-electron chi connectivity index (χ4n) is 2.83. The second-order valence-corrected chi connectivity index (χ2v) is 6.70. The number of hydrogen-bond acceptors (Lipinski definition) is 4. The van der Waals surface area contributed by atoms with E-state index in [4.69, 9.17) is 0 Å². The average molecular weight is 314 g/mol. The molecule has 3 rings (SSSR count). The Kier molecular flexibility index (Phi) is 5.38. The monoisotopic (exact) mass is 314 g/mol. The summed E-state index contributed by atoms with van der Waals surface area (Å²) in [7, 11) is 0. The maximum atomic E-state index is 12.0. The SMILES string of the molecule is O=C(CCN1CCN(Cc2ccccc2)CC1)c1cccs1. The van der Waals surface area contributed by atoms with Gasteiger partial charge in [0.2, 0.25) is 0 Å². The van der Waals surface area contributed by atoms with Gasteiger partial charge >= 0.3 is 0 Å². The molecule has 3 nitrogen and oxygen atoms in total. The Morgan fingerprint density at radius 2 is 1.68 bits per heavy atom. The molecule has 1 saturated heterocycles. The Morgan fingerprint density at radius 1 is 0.955 bits per heavy atom. The van der Waals surface area contributed by atoms with Gasteiger partial charge in [-0.1, -0.05) is 36.4 Å². The van der Waals surface area contributed by atoms with Gasteiger partial charge in [-0.3, -0.25) is 9.69 Å². The van der Waals surface area contributed by atoms with Crippen molar-refractivity contribution in [2.45, 2.75) is 13.0 Å². The quantitative estimate of drug-likeness (QED) is 0.765. The van der Waals surface area contributed by atoms with E-state index in [0.29, 0.717) is 6.42 Å². The number of piperazine rings is 1. The van der Waals surface area contributed by atoms with Gasteiger partial charge in [0.15, 0.2) is 5.78 Å². The molecular formula is C18H22N2OS. The molecule has 22 heavy (non-hydrogen) atoms. The normalized spacial score (nSPS) is 16.7. The molecule has 2 aromatic rings. The molecule has 0 amide bonds. The van der Waals surface area contributed by atoms with Crippen molar-refractivity contribution in [2.24, 2.45) is 0 Å². The Bertz CT molecular complexity index is 574. The largest absolute Gasteiger partial charge is 0.300 e. The molecule has 4 heteroatoms. The van der Waals surface area contributed by atoms with E-state index in [1.165, 1.54) is 5.56 Å². The zero-order valence-electron chi connectivity index (χ0n) is 12.8. The van der Waals surface area contributed by atoms with Crippen LogP contribution in [0.5, 0.6) is 0 Å². The summed E-state index contributed by atoms with van der Waals surface area (Å²) < 4.78 is 0. The third kappa shape index (κ3) is 4.26. The highest BCUT2D eigenvalue weighted by atomic mass is 32.1. The van der Waals surface area contributed by atoms with Gasteiger partial charge in [0, 0.05) is 45.7 Å². The highest BCUT2D eigenvalue weighted by Crippen LogP contribution is 2.13. The Hall–Kier alpha value is -1.49. The van der Waals surface area contributed by atoms with Gasteiger partial charge in [0.05, 0.1) is 4.88 Å². The highest BCUT2D eigenvalue weighted by molar-refractivity contribution is 7.12. The fourth-order valence-corrected chi connectivity index (χ4v) is 3.53. The molecule has 0 unspecified atom stereocenters. The van der Waals surface area contributed by atoms with Gasteiger partial charge in [0.1, 0.15) is 0 Å². The molecule has 0 radical (unpaired) electrons. The summed E-state index contributed by atoms with van der Waals surface area (Å²) in [5, 5.41) is 1.97. The summed E-state index contributed by atoms with van der Waals surface area (Å²) >= 11 is 1.54. The molecule has 0 spiro atoms. The second-order valence-electron chi connectivity index (χ2n) is 5.75. The van der Waals surface area contributed by atoms with Crippen LogP contribution in [0.2, 0.25) is 0 Å². The van der Waals surface area contributed by atoms with Crippen LogP contribution in [0.1, 0.15) is 21.7 Å². The van der Waals surface area contributed by atoms with Crippen LogP contribution in [-0.2, 0) is 6.54 Å². The predicted octanol–water partition coefficient (Wildman–Crippen LogP) is 3.14. The molecule has 0 N–H and O–H groups in total. The van der Waals surface area contributed by atoms with Gasteiger partial charge in [-0.2, -0.15) is 0 Å². The Morgan fingerprint density at radius 3 is 2.36 bits per heavy atom. The standard InChI is InChI=1S/C18H22N2OS/c21-17(18-7-4-14-22-18)8-9-19-10-12-20(13-11-19)15-16-5-2-1-3-6-16/h1-7,14H,8-13,15H2. The van der Waals surface area contributed by atoms with Crippen LogP contribution in [0.25, 0.3) is 0 Å². The first kappa shape index (κ1) is 15.4. The van der Waals surface area contributed by atoms with E-state index in [1.807, 2.05) is 17.5 Å². The summed E-state index contributed by atoms with van der Waals surface area (Å²) in [6.45, 7) is 6.21. The zero-order valence-corrected chi connectivity index (χ0v) is 13.6. The molecule has 0 atom stereocenters. The number of ketones is 1. The maximum absolute atomic E-state index is 12.0. The minimum Gasteiger partial charge on any atom is -0.300 e. The number of benzene rings is 1. The van der Waals surface area contributed by atoms with Crippen molar-refractivity contribution in [3.63, 3.8) is 0 Å². The molecule has 1 aliphatic rings. The van der Waals surface area contributed by atoms with Crippen molar-refractivity contribution in [1.29, 1.82) is 0 Å². The van der Waals surface area contributed by atoms with Gasteiger partial charge in [-0.25, -0.2) is 0 Å². The Balaban J connectivity index is 1.39. The predicted molar refractivity (Wildman–Crippen MR) is 91.4 cm³/mol. The topological polar surface area (TPSA) is 23.6 Å². The third-order valence-electron chi connectivity index (χ3n) is 4.17. The van der Waals surface area contributed by atoms with Crippen molar-refractivity contribution >= 4 is 17.1 Å². The van der Waals surface area contributed by atoms with Crippen molar-refractivity contribution < 1.29 is 4.79 Å². The molecule has 1 aliphatic heterocycles. The van der Waals surface area contributed by atoms with E-state index < -0.39 is 0 Å². The zero-order chi connectivity index (χ0) is 15.2. The van der Waals surface area contributed by atoms with Gasteiger partial charge < -0.3 is 4.90 Å². The second kappa shape index (κ2) is 7.68. The van der Waals surface area contributed by atoms with E-state index in [-0.39, 0.29) is 5.78 Å². The average Bonchev–Trinajstić information content (AvgIpc) is 3.09. The summed E-state index contributed by atoms with van der Waals surface area (Å²) in [6.07, 6.45) is 0.638. The molecular weight excluding hydrogens is 292 g/mol. The number of Topliss-reactive ketones (excluding diaryl/α,β-unsaturated/α-hetero) is 1. The Labute approximate surface area is 136 Å². The fraction of sp³-hybridized carbons (Fsp3) is 0.389. The number of nitrogens with zero attached hydrogens (tertiary/aromatic N) is 2. The van der Waals surface area contributed by atoms with Crippen LogP contribution in [0, 0.1) is 0 Å². The van der Waals surface area contributed by atoms with Crippen molar-refractivity contribution in [3.05, 3.63) is 58.3 Å². The molecule has 1 aromatic heterocycles. The lowest BCUT2D eigenvalue weighted by molar-refractivity contribution is 0.0926. The number of hydrogen-bond donors (Lipinski definition) is 0. The summed E-state index contributed by atoms with van der Waals surface area (Å²) in [5.74, 6) is 0.279. The van der Waals surface area contributed by atoms with Crippen LogP contribution in [0.15, 0.2) is 47.8 Å². The van der Waals surface area contributed by atoms with Crippen LogP contribution in [0.3, 0.4) is 0 Å². The van der Waals surface area contributed by atoms with E-state index in [0.717, 1.165) is 44.1 Å². The highest BCUT2D eigenvalue weighted by Gasteiger charge is 2.18. The van der Waals surface area contributed by atoms with Crippen molar-refractivity contribution in [1.82, 2.24) is 9.80 Å². The summed E-state index contributed by atoms with van der Waals surface area (Å²) in [4.78, 5) is 17.8.